The van der Waals surface area contributed by atoms with Gasteiger partial charge in [0.1, 0.15) is 18.3 Å². The molecule has 6 nitrogen and oxygen atoms in total. The third-order valence-electron chi connectivity index (χ3n) is 5.82. The van der Waals surface area contributed by atoms with Crippen LogP contribution in [0.4, 0.5) is 0 Å². The van der Waals surface area contributed by atoms with Gasteiger partial charge in [-0.1, -0.05) is 91.0 Å². The van der Waals surface area contributed by atoms with Gasteiger partial charge in [0.15, 0.2) is 6.10 Å². The Morgan fingerprint density at radius 2 is 1.00 bits per heavy atom. The molecule has 170 valence electrons. The third-order valence-corrected chi connectivity index (χ3v) is 5.82. The van der Waals surface area contributed by atoms with E-state index < -0.39 is 36.7 Å². The van der Waals surface area contributed by atoms with E-state index in [1.165, 1.54) is 0 Å². The van der Waals surface area contributed by atoms with Crippen LogP contribution in [0.2, 0.25) is 0 Å². The molecule has 2 heterocycles. The molecular formula is C27H26O6. The van der Waals surface area contributed by atoms with Crippen molar-refractivity contribution in [3.05, 3.63) is 108 Å². The highest BCUT2D eigenvalue weighted by atomic mass is 16.8. The minimum atomic E-state index is -0.851. The third kappa shape index (κ3) is 5.15. The van der Waals surface area contributed by atoms with Gasteiger partial charge < -0.3 is 23.7 Å². The average Bonchev–Trinajstić information content (AvgIpc) is 3.20. The number of ether oxygens (including phenoxy) is 5. The van der Waals surface area contributed by atoms with Gasteiger partial charge in [0.25, 0.3) is 0 Å². The van der Waals surface area contributed by atoms with E-state index in [1.807, 2.05) is 91.0 Å². The summed E-state index contributed by atoms with van der Waals surface area (Å²) >= 11 is 0. The van der Waals surface area contributed by atoms with Gasteiger partial charge in [-0.15, -0.1) is 0 Å². The van der Waals surface area contributed by atoms with Crippen LogP contribution in [0.3, 0.4) is 0 Å². The molecule has 2 aliphatic rings. The smallest absolute Gasteiger partial charge is 0.340 e. The first-order valence-electron chi connectivity index (χ1n) is 11.1. The molecule has 6 heteroatoms. The molecular weight excluding hydrogens is 420 g/mol. The van der Waals surface area contributed by atoms with Crippen LogP contribution in [0.15, 0.2) is 91.0 Å². The molecule has 3 aromatic carbocycles. The number of esters is 1. The lowest BCUT2D eigenvalue weighted by atomic mass is 9.99. The van der Waals surface area contributed by atoms with E-state index in [4.69, 9.17) is 23.7 Å². The highest BCUT2D eigenvalue weighted by Gasteiger charge is 2.57. The SMILES string of the molecule is O=C1O[C@H]2O[C@@H]1[C@@H](OCc1ccccc1)[C@H](OCc1ccccc1)[C@H]2OCc1ccccc1. The van der Waals surface area contributed by atoms with Crippen molar-refractivity contribution in [2.75, 3.05) is 0 Å². The van der Waals surface area contributed by atoms with Crippen LogP contribution in [0.5, 0.6) is 0 Å². The van der Waals surface area contributed by atoms with Crippen LogP contribution in [-0.2, 0) is 48.3 Å². The molecule has 0 saturated carbocycles. The Kier molecular flexibility index (Phi) is 6.79. The number of hydrogen-bond donors (Lipinski definition) is 0. The highest BCUT2D eigenvalue weighted by Crippen LogP contribution is 2.35. The van der Waals surface area contributed by atoms with Crippen molar-refractivity contribution in [3.63, 3.8) is 0 Å². The number of benzene rings is 3. The molecule has 2 aliphatic heterocycles. The molecule has 0 aliphatic carbocycles. The van der Waals surface area contributed by atoms with Gasteiger partial charge in [0.05, 0.1) is 19.8 Å². The summed E-state index contributed by atoms with van der Waals surface area (Å²) in [5.41, 5.74) is 3.02. The highest BCUT2D eigenvalue weighted by molar-refractivity contribution is 5.77. The van der Waals surface area contributed by atoms with E-state index >= 15 is 0 Å². The fourth-order valence-corrected chi connectivity index (χ4v) is 4.12. The Morgan fingerprint density at radius 3 is 1.48 bits per heavy atom. The summed E-state index contributed by atoms with van der Waals surface area (Å²) in [5.74, 6) is -0.447. The Hall–Kier alpha value is -3.03. The molecule has 0 aromatic heterocycles. The lowest BCUT2D eigenvalue weighted by Gasteiger charge is -2.39. The first-order chi connectivity index (χ1) is 16.3. The van der Waals surface area contributed by atoms with Gasteiger partial charge in [0.2, 0.25) is 6.29 Å². The van der Waals surface area contributed by atoms with Crippen LogP contribution in [0.25, 0.3) is 0 Å². The van der Waals surface area contributed by atoms with Crippen LogP contribution in [0.1, 0.15) is 16.7 Å². The first kappa shape index (κ1) is 21.8. The topological polar surface area (TPSA) is 63.2 Å². The molecule has 0 spiro atoms. The van der Waals surface area contributed by atoms with E-state index in [0.29, 0.717) is 19.8 Å². The molecule has 0 N–H and O–H groups in total. The van der Waals surface area contributed by atoms with Gasteiger partial charge >= 0.3 is 5.97 Å². The Bertz CT molecular complexity index is 1030. The minimum absolute atomic E-state index is 0.319. The molecule has 0 radical (unpaired) electrons. The molecule has 5 rings (SSSR count). The predicted molar refractivity (Wildman–Crippen MR) is 120 cm³/mol. The van der Waals surface area contributed by atoms with Crippen molar-refractivity contribution < 1.29 is 28.5 Å². The summed E-state index contributed by atoms with van der Waals surface area (Å²) in [5, 5.41) is 0. The van der Waals surface area contributed by atoms with Gasteiger partial charge in [-0.3, -0.25) is 0 Å². The van der Waals surface area contributed by atoms with Crippen molar-refractivity contribution >= 4 is 5.97 Å². The lowest BCUT2D eigenvalue weighted by molar-refractivity contribution is -0.268. The van der Waals surface area contributed by atoms with E-state index in [2.05, 4.69) is 0 Å². The van der Waals surface area contributed by atoms with Crippen molar-refractivity contribution in [3.8, 4) is 0 Å². The zero-order chi connectivity index (χ0) is 22.5. The van der Waals surface area contributed by atoms with Crippen molar-refractivity contribution in [1.29, 1.82) is 0 Å². The van der Waals surface area contributed by atoms with Gasteiger partial charge in [-0.2, -0.15) is 0 Å². The number of rotatable bonds is 9. The standard InChI is InChI=1S/C27H26O6/c28-26-24-22(29-16-19-10-4-1-5-11-19)23(30-17-20-12-6-2-7-13-20)25(27(32-24)33-26)31-18-21-14-8-3-9-15-21/h1-15,22-25,27H,16-18H2/t22-,23-,24+,25+,27+/m0/s1. The Morgan fingerprint density at radius 1 is 0.576 bits per heavy atom. The largest absolute Gasteiger partial charge is 0.431 e. The first-order valence-corrected chi connectivity index (χ1v) is 11.1. The van der Waals surface area contributed by atoms with Crippen LogP contribution in [0, 0.1) is 0 Å². The van der Waals surface area contributed by atoms with Gasteiger partial charge in [0, 0.05) is 0 Å². The van der Waals surface area contributed by atoms with E-state index in [9.17, 15) is 4.79 Å². The maximum atomic E-state index is 12.6. The van der Waals surface area contributed by atoms with Crippen LogP contribution < -0.4 is 0 Å². The fourth-order valence-electron chi connectivity index (χ4n) is 4.12. The van der Waals surface area contributed by atoms with Crippen LogP contribution in [-0.4, -0.2) is 36.7 Å². The monoisotopic (exact) mass is 446 g/mol. The summed E-state index contributed by atoms with van der Waals surface area (Å²) in [4.78, 5) is 12.6. The number of carbonyl (C=O) groups excluding carboxylic acids is 1. The zero-order valence-corrected chi connectivity index (χ0v) is 18.1. The van der Waals surface area contributed by atoms with Crippen molar-refractivity contribution in [1.82, 2.24) is 0 Å². The normalized spacial score (nSPS) is 26.2. The second-order valence-corrected chi connectivity index (χ2v) is 8.15. The summed E-state index contributed by atoms with van der Waals surface area (Å²) in [7, 11) is 0. The number of carbonyl (C=O) groups is 1. The van der Waals surface area contributed by atoms with Crippen molar-refractivity contribution in [2.24, 2.45) is 0 Å². The number of fused-ring (bicyclic) bond motifs is 2. The molecule has 0 unspecified atom stereocenters. The molecule has 2 bridgehead atoms. The Labute approximate surface area is 193 Å². The maximum Gasteiger partial charge on any atom is 0.340 e. The molecule has 0 amide bonds. The predicted octanol–water partition coefficient (Wildman–Crippen LogP) is 4.02. The summed E-state index contributed by atoms with van der Waals surface area (Å²) in [6.07, 6.45) is -3.52. The molecule has 2 fully saturated rings. The number of hydrogen-bond acceptors (Lipinski definition) is 6. The summed E-state index contributed by atoms with van der Waals surface area (Å²) in [6, 6.07) is 29.5. The van der Waals surface area contributed by atoms with E-state index in [0.717, 1.165) is 16.7 Å². The van der Waals surface area contributed by atoms with Gasteiger partial charge in [-0.25, -0.2) is 4.79 Å². The molecule has 2 saturated heterocycles. The van der Waals surface area contributed by atoms with E-state index in [-0.39, 0.29) is 0 Å². The maximum absolute atomic E-state index is 12.6. The van der Waals surface area contributed by atoms with Gasteiger partial charge in [-0.05, 0) is 16.7 Å². The summed E-state index contributed by atoms with van der Waals surface area (Å²) < 4.78 is 30.2. The van der Waals surface area contributed by atoms with E-state index in [1.54, 1.807) is 0 Å². The zero-order valence-electron chi connectivity index (χ0n) is 18.1. The second-order valence-electron chi connectivity index (χ2n) is 8.15. The Balaban J connectivity index is 1.37. The average molecular weight is 446 g/mol. The molecule has 3 aromatic rings. The quantitative estimate of drug-likeness (QED) is 0.463. The summed E-state index contributed by atoms with van der Waals surface area (Å²) in [6.45, 7) is 1.01. The minimum Gasteiger partial charge on any atom is -0.431 e. The second kappa shape index (κ2) is 10.3. The van der Waals surface area contributed by atoms with Crippen molar-refractivity contribution in [2.45, 2.75) is 50.5 Å². The van der Waals surface area contributed by atoms with Crippen LogP contribution >= 0.6 is 0 Å². The molecule has 33 heavy (non-hydrogen) atoms. The molecule has 5 atom stereocenters. The fraction of sp³-hybridized carbons (Fsp3) is 0.296. The lowest BCUT2D eigenvalue weighted by Crippen LogP contribution is -2.57.